The molecule has 0 aliphatic carbocycles. The maximum Gasteiger partial charge on any atom is 0.298 e. The second-order valence-electron chi connectivity index (χ2n) is 6.62. The normalized spacial score (nSPS) is 10.6. The van der Waals surface area contributed by atoms with Crippen molar-refractivity contribution >= 4 is 22.9 Å². The number of aromatic nitrogens is 1. The molecule has 0 fully saturated rings. The second-order valence-corrected chi connectivity index (χ2v) is 6.62. The Morgan fingerprint density at radius 2 is 1.57 bits per heavy atom. The molecule has 0 spiro atoms. The van der Waals surface area contributed by atoms with Gasteiger partial charge in [0.1, 0.15) is 5.69 Å². The zero-order chi connectivity index (χ0) is 21.1. The Hall–Kier alpha value is -4.06. The SMILES string of the molecule is COc1ccc(NC(=O)C(=O)c2c(-c3ccccc3)cc3ccccn23)cc1OC. The lowest BCUT2D eigenvalue weighted by molar-refractivity contribution is -0.112. The van der Waals surface area contributed by atoms with Crippen molar-refractivity contribution in [1.29, 1.82) is 0 Å². The van der Waals surface area contributed by atoms with Gasteiger partial charge in [-0.2, -0.15) is 0 Å². The fourth-order valence-corrected chi connectivity index (χ4v) is 3.40. The number of ether oxygens (including phenoxy) is 2. The van der Waals surface area contributed by atoms with Crippen molar-refractivity contribution < 1.29 is 19.1 Å². The molecule has 2 aromatic heterocycles. The van der Waals surface area contributed by atoms with Gasteiger partial charge in [-0.25, -0.2) is 0 Å². The average Bonchev–Trinajstić information content (AvgIpc) is 3.18. The molecule has 6 nitrogen and oxygen atoms in total. The number of ketones is 1. The summed E-state index contributed by atoms with van der Waals surface area (Å²) in [5.41, 5.74) is 3.15. The van der Waals surface area contributed by atoms with Crippen LogP contribution in [0.15, 0.2) is 79.0 Å². The quantitative estimate of drug-likeness (QED) is 0.384. The molecule has 150 valence electrons. The Labute approximate surface area is 173 Å². The molecule has 1 amide bonds. The van der Waals surface area contributed by atoms with Gasteiger partial charge in [-0.15, -0.1) is 0 Å². The Bertz CT molecular complexity index is 1230. The number of fused-ring (bicyclic) bond motifs is 1. The first-order valence-electron chi connectivity index (χ1n) is 9.35. The molecule has 0 bridgehead atoms. The highest BCUT2D eigenvalue weighted by atomic mass is 16.5. The van der Waals surface area contributed by atoms with E-state index in [4.69, 9.17) is 9.47 Å². The van der Waals surface area contributed by atoms with Crippen LogP contribution in [0, 0.1) is 0 Å². The summed E-state index contributed by atoms with van der Waals surface area (Å²) in [4.78, 5) is 26.1. The smallest absolute Gasteiger partial charge is 0.298 e. The van der Waals surface area contributed by atoms with E-state index in [0.717, 1.165) is 11.1 Å². The summed E-state index contributed by atoms with van der Waals surface area (Å²) in [6.45, 7) is 0. The predicted octanol–water partition coefficient (Wildman–Crippen LogP) is 4.44. The van der Waals surface area contributed by atoms with E-state index in [1.807, 2.05) is 54.6 Å². The van der Waals surface area contributed by atoms with E-state index in [0.29, 0.717) is 28.4 Å². The Balaban J connectivity index is 1.72. The third kappa shape index (κ3) is 3.51. The molecular formula is C24H20N2O4. The lowest BCUT2D eigenvalue weighted by Gasteiger charge is -2.11. The zero-order valence-electron chi connectivity index (χ0n) is 16.6. The van der Waals surface area contributed by atoms with Gasteiger partial charge >= 0.3 is 0 Å². The van der Waals surface area contributed by atoms with Crippen molar-refractivity contribution in [3.8, 4) is 22.6 Å². The number of nitrogens with zero attached hydrogens (tertiary/aromatic N) is 1. The minimum absolute atomic E-state index is 0.315. The molecule has 0 radical (unpaired) electrons. The lowest BCUT2D eigenvalue weighted by atomic mass is 10.0. The van der Waals surface area contributed by atoms with Crippen LogP contribution in [0.2, 0.25) is 0 Å². The minimum atomic E-state index is -0.733. The molecular weight excluding hydrogens is 380 g/mol. The van der Waals surface area contributed by atoms with Crippen LogP contribution in [0.25, 0.3) is 16.6 Å². The van der Waals surface area contributed by atoms with Crippen LogP contribution in [-0.2, 0) is 4.79 Å². The fourth-order valence-electron chi connectivity index (χ4n) is 3.40. The number of methoxy groups -OCH3 is 2. The number of carbonyl (C=O) groups excluding carboxylic acids is 2. The van der Waals surface area contributed by atoms with Gasteiger partial charge in [0, 0.05) is 29.0 Å². The number of benzene rings is 2. The molecule has 0 saturated carbocycles. The first-order valence-corrected chi connectivity index (χ1v) is 9.35. The fraction of sp³-hybridized carbons (Fsp3) is 0.0833. The molecule has 0 unspecified atom stereocenters. The molecule has 1 N–H and O–H groups in total. The van der Waals surface area contributed by atoms with Crippen LogP contribution in [0.3, 0.4) is 0 Å². The maximum atomic E-state index is 13.2. The topological polar surface area (TPSA) is 69.0 Å². The summed E-state index contributed by atoms with van der Waals surface area (Å²) in [6, 6.07) is 22.0. The summed E-state index contributed by atoms with van der Waals surface area (Å²) >= 11 is 0. The van der Waals surface area contributed by atoms with Crippen LogP contribution >= 0.6 is 0 Å². The van der Waals surface area contributed by atoms with Crippen molar-refractivity contribution in [3.05, 3.63) is 84.7 Å². The maximum absolute atomic E-state index is 13.2. The van der Waals surface area contributed by atoms with E-state index in [1.54, 1.807) is 28.8 Å². The van der Waals surface area contributed by atoms with Crippen molar-refractivity contribution in [2.24, 2.45) is 0 Å². The van der Waals surface area contributed by atoms with Crippen LogP contribution in [0.1, 0.15) is 10.5 Å². The first-order chi connectivity index (χ1) is 14.6. The Morgan fingerprint density at radius 1 is 0.833 bits per heavy atom. The van der Waals surface area contributed by atoms with E-state index in [-0.39, 0.29) is 0 Å². The molecule has 0 aliphatic rings. The van der Waals surface area contributed by atoms with E-state index in [9.17, 15) is 9.59 Å². The van der Waals surface area contributed by atoms with Gasteiger partial charge in [0.15, 0.2) is 11.5 Å². The van der Waals surface area contributed by atoms with Gasteiger partial charge in [-0.3, -0.25) is 9.59 Å². The number of hydrogen-bond donors (Lipinski definition) is 1. The predicted molar refractivity (Wildman–Crippen MR) is 115 cm³/mol. The highest BCUT2D eigenvalue weighted by Crippen LogP contribution is 2.31. The molecule has 6 heteroatoms. The van der Waals surface area contributed by atoms with Crippen LogP contribution in [0.4, 0.5) is 5.69 Å². The summed E-state index contributed by atoms with van der Waals surface area (Å²) in [7, 11) is 3.04. The van der Waals surface area contributed by atoms with E-state index in [2.05, 4.69) is 5.32 Å². The molecule has 0 saturated heterocycles. The minimum Gasteiger partial charge on any atom is -0.493 e. The Morgan fingerprint density at radius 3 is 2.30 bits per heavy atom. The van der Waals surface area contributed by atoms with Crippen LogP contribution < -0.4 is 14.8 Å². The largest absolute Gasteiger partial charge is 0.493 e. The van der Waals surface area contributed by atoms with Gasteiger partial charge in [-0.1, -0.05) is 36.4 Å². The molecule has 30 heavy (non-hydrogen) atoms. The second kappa shape index (κ2) is 8.13. The van der Waals surface area contributed by atoms with Gasteiger partial charge in [0.05, 0.1) is 14.2 Å². The average molecular weight is 400 g/mol. The zero-order valence-corrected chi connectivity index (χ0v) is 16.6. The number of amides is 1. The molecule has 0 atom stereocenters. The molecule has 0 aliphatic heterocycles. The third-order valence-electron chi connectivity index (χ3n) is 4.83. The van der Waals surface area contributed by atoms with Crippen molar-refractivity contribution in [2.75, 3.05) is 19.5 Å². The summed E-state index contributed by atoms with van der Waals surface area (Å²) in [5.74, 6) is -0.371. The Kier molecular flexibility index (Phi) is 5.22. The lowest BCUT2D eigenvalue weighted by Crippen LogP contribution is -2.24. The van der Waals surface area contributed by atoms with Crippen LogP contribution in [-0.4, -0.2) is 30.3 Å². The molecule has 2 heterocycles. The summed E-state index contributed by atoms with van der Waals surface area (Å²) in [6.07, 6.45) is 1.78. The van der Waals surface area contributed by atoms with Gasteiger partial charge in [-0.05, 0) is 35.9 Å². The van der Waals surface area contributed by atoms with E-state index in [1.165, 1.54) is 14.2 Å². The van der Waals surface area contributed by atoms with Crippen molar-refractivity contribution in [2.45, 2.75) is 0 Å². The standard InChI is InChI=1S/C24H20N2O4/c1-29-20-12-11-17(14-21(20)30-2)25-24(28)23(27)22-19(16-8-4-3-5-9-16)15-18-10-6-7-13-26(18)22/h3-15H,1-2H3,(H,25,28). The number of hydrogen-bond acceptors (Lipinski definition) is 4. The van der Waals surface area contributed by atoms with Crippen LogP contribution in [0.5, 0.6) is 11.5 Å². The number of nitrogens with one attached hydrogen (secondary N) is 1. The third-order valence-corrected chi connectivity index (χ3v) is 4.83. The monoisotopic (exact) mass is 400 g/mol. The van der Waals surface area contributed by atoms with Gasteiger partial charge in [0.25, 0.3) is 11.7 Å². The first kappa shape index (κ1) is 19.3. The summed E-state index contributed by atoms with van der Waals surface area (Å²) in [5, 5.41) is 2.66. The number of carbonyl (C=O) groups is 2. The van der Waals surface area contributed by atoms with Crippen molar-refractivity contribution in [3.63, 3.8) is 0 Å². The van der Waals surface area contributed by atoms with E-state index < -0.39 is 11.7 Å². The number of anilines is 1. The van der Waals surface area contributed by atoms with E-state index >= 15 is 0 Å². The molecule has 4 aromatic rings. The number of rotatable bonds is 6. The highest BCUT2D eigenvalue weighted by molar-refractivity contribution is 6.47. The molecule has 4 rings (SSSR count). The number of Topliss-reactive ketones (excluding diaryl/α,β-unsaturated/α-hetero) is 1. The summed E-state index contributed by atoms with van der Waals surface area (Å²) < 4.78 is 12.2. The van der Waals surface area contributed by atoms with Crippen molar-refractivity contribution in [1.82, 2.24) is 4.40 Å². The van der Waals surface area contributed by atoms with Gasteiger partial charge < -0.3 is 19.2 Å². The highest BCUT2D eigenvalue weighted by Gasteiger charge is 2.25. The number of pyridine rings is 1. The van der Waals surface area contributed by atoms with Gasteiger partial charge in [0.2, 0.25) is 0 Å². The molecule has 2 aromatic carbocycles.